The first kappa shape index (κ1) is 23.7. The van der Waals surface area contributed by atoms with Gasteiger partial charge in [0, 0.05) is 5.56 Å². The van der Waals surface area contributed by atoms with Gasteiger partial charge in [0.05, 0.1) is 22.4 Å². The molecule has 0 bridgehead atoms. The Balaban J connectivity index is 1.71. The van der Waals surface area contributed by atoms with Crippen LogP contribution in [0.5, 0.6) is 0 Å². The normalized spacial score (nSPS) is 10.9. The van der Waals surface area contributed by atoms with Crippen LogP contribution in [-0.4, -0.2) is 53.2 Å². The molecule has 2 heterocycles. The lowest BCUT2D eigenvalue weighted by Gasteiger charge is -2.04. The molecule has 0 aliphatic rings. The van der Waals surface area contributed by atoms with Crippen LogP contribution in [0.25, 0.3) is 21.1 Å². The highest BCUT2D eigenvalue weighted by Gasteiger charge is 2.20. The van der Waals surface area contributed by atoms with Gasteiger partial charge in [0.2, 0.25) is 0 Å². The summed E-state index contributed by atoms with van der Waals surface area (Å²) in [6.45, 7) is 7.31. The van der Waals surface area contributed by atoms with Crippen molar-refractivity contribution in [3.05, 3.63) is 80.9 Å². The fraction of sp³-hybridized carbons (Fsp3) is 0. The van der Waals surface area contributed by atoms with Crippen LogP contribution in [0.15, 0.2) is 57.5 Å². The molecular formula is C21H11N7O7S. The van der Waals surface area contributed by atoms with Crippen molar-refractivity contribution in [1.29, 1.82) is 0 Å². The minimum atomic E-state index is -1.41. The molecular weight excluding hydrogens is 494 g/mol. The average Bonchev–Trinajstić information content (AvgIpc) is 3.46. The van der Waals surface area contributed by atoms with E-state index in [1.807, 2.05) is 0 Å². The Hall–Kier alpha value is -5.49. The fourth-order valence-corrected chi connectivity index (χ4v) is 3.67. The standard InChI is InChI=1S/C21H11N7O7S/c1-22-15-14(17(29)28(27-15)13-7-11(19(32)33)6-12(8-13)20(34)35)23-25-21-26-24-16(36-21)9-3-2-4-10(5-9)18(30)31/h2-8,27H,(H,30,31)(H,32,33)(H,34,35). The van der Waals surface area contributed by atoms with E-state index in [0.29, 0.717) is 10.6 Å². The van der Waals surface area contributed by atoms with E-state index < -0.39 is 29.2 Å². The quantitative estimate of drug-likeness (QED) is 0.213. The van der Waals surface area contributed by atoms with Crippen LogP contribution >= 0.6 is 11.3 Å². The maximum Gasteiger partial charge on any atom is 0.335 e. The molecule has 4 aromatic rings. The third-order valence-electron chi connectivity index (χ3n) is 4.64. The number of benzene rings is 2. The number of H-pyrrole nitrogens is 1. The molecule has 0 spiro atoms. The van der Waals surface area contributed by atoms with Gasteiger partial charge in [0.1, 0.15) is 5.01 Å². The van der Waals surface area contributed by atoms with Crippen LogP contribution < -0.4 is 5.56 Å². The monoisotopic (exact) mass is 505 g/mol. The van der Waals surface area contributed by atoms with Gasteiger partial charge in [-0.25, -0.2) is 19.5 Å². The van der Waals surface area contributed by atoms with Gasteiger partial charge < -0.3 is 20.2 Å². The van der Waals surface area contributed by atoms with E-state index in [4.69, 9.17) is 11.7 Å². The van der Waals surface area contributed by atoms with Gasteiger partial charge in [-0.15, -0.1) is 15.3 Å². The van der Waals surface area contributed by atoms with E-state index in [1.165, 1.54) is 12.1 Å². The molecule has 0 aliphatic carbocycles. The predicted molar refractivity (Wildman–Crippen MR) is 123 cm³/mol. The molecule has 0 amide bonds. The highest BCUT2D eigenvalue weighted by Crippen LogP contribution is 2.31. The number of carboxylic acids is 3. The lowest BCUT2D eigenvalue weighted by atomic mass is 10.1. The fourth-order valence-electron chi connectivity index (χ4n) is 3.00. The smallest absolute Gasteiger partial charge is 0.335 e. The second-order valence-corrected chi connectivity index (χ2v) is 7.87. The van der Waals surface area contributed by atoms with Crippen molar-refractivity contribution in [1.82, 2.24) is 20.0 Å². The van der Waals surface area contributed by atoms with E-state index in [2.05, 4.69) is 30.4 Å². The summed E-state index contributed by atoms with van der Waals surface area (Å²) in [7, 11) is 0. The molecule has 36 heavy (non-hydrogen) atoms. The van der Waals surface area contributed by atoms with Gasteiger partial charge in [-0.2, -0.15) is 9.80 Å². The number of rotatable bonds is 7. The third-order valence-corrected chi connectivity index (χ3v) is 5.49. The number of hydrogen-bond donors (Lipinski definition) is 4. The molecule has 0 saturated carbocycles. The highest BCUT2D eigenvalue weighted by atomic mass is 32.1. The zero-order chi connectivity index (χ0) is 26.0. The number of carbonyl (C=O) groups is 3. The van der Waals surface area contributed by atoms with Crippen molar-refractivity contribution in [3.8, 4) is 16.3 Å². The molecule has 2 aromatic carbocycles. The summed E-state index contributed by atoms with van der Waals surface area (Å²) in [5, 5.41) is 45.8. The van der Waals surface area contributed by atoms with Crippen molar-refractivity contribution < 1.29 is 29.7 Å². The first-order valence-electron chi connectivity index (χ1n) is 9.61. The number of aromatic carboxylic acids is 3. The lowest BCUT2D eigenvalue weighted by molar-refractivity contribution is 0.0682. The molecule has 15 heteroatoms. The van der Waals surface area contributed by atoms with Gasteiger partial charge in [-0.3, -0.25) is 4.79 Å². The van der Waals surface area contributed by atoms with E-state index in [0.717, 1.165) is 34.2 Å². The minimum absolute atomic E-state index is 0.00912. The van der Waals surface area contributed by atoms with E-state index in [1.54, 1.807) is 12.1 Å². The number of hydrogen-bond acceptors (Lipinski definition) is 9. The Bertz CT molecular complexity index is 1640. The molecule has 2 aromatic heterocycles. The number of aromatic nitrogens is 4. The maximum atomic E-state index is 12.9. The van der Waals surface area contributed by atoms with Gasteiger partial charge in [-0.05, 0) is 30.3 Å². The number of carboxylic acid groups (broad SMARTS) is 3. The molecule has 0 aliphatic heterocycles. The topological polar surface area (TPSA) is 205 Å². The van der Waals surface area contributed by atoms with Crippen LogP contribution in [-0.2, 0) is 0 Å². The summed E-state index contributed by atoms with van der Waals surface area (Å²) in [4.78, 5) is 50.0. The Morgan fingerprint density at radius 2 is 1.61 bits per heavy atom. The minimum Gasteiger partial charge on any atom is -0.478 e. The van der Waals surface area contributed by atoms with Gasteiger partial charge >= 0.3 is 23.5 Å². The first-order valence-corrected chi connectivity index (χ1v) is 10.4. The summed E-state index contributed by atoms with van der Waals surface area (Å²) < 4.78 is 0.781. The van der Waals surface area contributed by atoms with Gasteiger partial charge in [0.15, 0.2) is 5.69 Å². The Labute approximate surface area is 203 Å². The second kappa shape index (κ2) is 9.40. The van der Waals surface area contributed by atoms with Gasteiger partial charge in [-0.1, -0.05) is 30.0 Å². The van der Waals surface area contributed by atoms with Crippen molar-refractivity contribution in [3.63, 3.8) is 0 Å². The largest absolute Gasteiger partial charge is 0.478 e. The average molecular weight is 505 g/mol. The number of nitrogens with one attached hydrogen (secondary N) is 1. The molecule has 178 valence electrons. The summed E-state index contributed by atoms with van der Waals surface area (Å²) in [6, 6.07) is 9.04. The molecule has 4 N–H and O–H groups in total. The van der Waals surface area contributed by atoms with E-state index >= 15 is 0 Å². The molecule has 0 saturated heterocycles. The van der Waals surface area contributed by atoms with Crippen LogP contribution in [0.2, 0.25) is 0 Å². The molecule has 0 radical (unpaired) electrons. The number of aromatic amines is 1. The second-order valence-electron chi connectivity index (χ2n) is 6.92. The molecule has 4 rings (SSSR count). The van der Waals surface area contributed by atoms with E-state index in [9.17, 15) is 29.4 Å². The third kappa shape index (κ3) is 4.60. The SMILES string of the molecule is [C-]#[N+]c1[nH]n(-c2cc(C(=O)O)cc(C(=O)O)c2)c(=O)c1N=Nc1nnc(-c2cccc(C(=O)O)c2)s1. The Morgan fingerprint density at radius 3 is 2.22 bits per heavy atom. The van der Waals surface area contributed by atoms with Crippen molar-refractivity contribution in [2.75, 3.05) is 0 Å². The number of nitrogens with zero attached hydrogens (tertiary/aromatic N) is 6. The molecule has 14 nitrogen and oxygen atoms in total. The summed E-state index contributed by atoms with van der Waals surface area (Å²) in [6.07, 6.45) is 0. The van der Waals surface area contributed by atoms with Crippen molar-refractivity contribution in [2.45, 2.75) is 0 Å². The Kier molecular flexibility index (Phi) is 6.18. The number of azo groups is 1. The summed E-state index contributed by atoms with van der Waals surface area (Å²) >= 11 is 0.956. The van der Waals surface area contributed by atoms with Crippen LogP contribution in [0, 0.1) is 6.57 Å². The van der Waals surface area contributed by atoms with Crippen molar-refractivity contribution in [2.24, 2.45) is 10.2 Å². The zero-order valence-electron chi connectivity index (χ0n) is 17.6. The van der Waals surface area contributed by atoms with E-state index in [-0.39, 0.29) is 33.3 Å². The first-order chi connectivity index (χ1) is 17.2. The molecule has 0 fully saturated rings. The summed E-state index contributed by atoms with van der Waals surface area (Å²) in [5.74, 6) is -4.27. The van der Waals surface area contributed by atoms with Crippen molar-refractivity contribution >= 4 is 45.9 Å². The predicted octanol–water partition coefficient (Wildman–Crippen LogP) is 3.74. The van der Waals surface area contributed by atoms with Crippen LogP contribution in [0.1, 0.15) is 31.1 Å². The summed E-state index contributed by atoms with van der Waals surface area (Å²) in [5.41, 5.74) is -1.68. The lowest BCUT2D eigenvalue weighted by Crippen LogP contribution is -2.16. The van der Waals surface area contributed by atoms with Crippen LogP contribution in [0.3, 0.4) is 0 Å². The zero-order valence-corrected chi connectivity index (χ0v) is 18.4. The maximum absolute atomic E-state index is 12.9. The molecule has 0 atom stereocenters. The molecule has 0 unspecified atom stereocenters. The van der Waals surface area contributed by atoms with Gasteiger partial charge in [0.25, 0.3) is 10.9 Å². The van der Waals surface area contributed by atoms with Crippen LogP contribution in [0.4, 0.5) is 16.6 Å². The highest BCUT2D eigenvalue weighted by molar-refractivity contribution is 7.18. The Morgan fingerprint density at radius 1 is 0.944 bits per heavy atom.